The van der Waals surface area contributed by atoms with Gasteiger partial charge >= 0.3 is 0 Å². The molecule has 1 aromatic carbocycles. The minimum Gasteiger partial charge on any atom is -0.440 e. The quantitative estimate of drug-likeness (QED) is 0.904. The third-order valence-corrected chi connectivity index (χ3v) is 3.25. The number of aromatic nitrogens is 1. The third-order valence-electron chi connectivity index (χ3n) is 3.25. The van der Waals surface area contributed by atoms with E-state index in [2.05, 4.69) is 36.4 Å². The van der Waals surface area contributed by atoms with Gasteiger partial charge in [0.25, 0.3) is 0 Å². The van der Waals surface area contributed by atoms with E-state index >= 15 is 0 Å². The fourth-order valence-corrected chi connectivity index (χ4v) is 1.99. The highest BCUT2D eigenvalue weighted by molar-refractivity contribution is 5.94. The van der Waals surface area contributed by atoms with Crippen LogP contribution < -0.4 is 10.6 Å². The molecule has 1 heterocycles. The molecule has 0 aliphatic heterocycles. The molecule has 0 aliphatic carbocycles. The van der Waals surface area contributed by atoms with Crippen LogP contribution in [0, 0.1) is 5.92 Å². The molecule has 5 nitrogen and oxygen atoms in total. The van der Waals surface area contributed by atoms with Crippen LogP contribution in [-0.2, 0) is 10.2 Å². The third kappa shape index (κ3) is 4.21. The van der Waals surface area contributed by atoms with Gasteiger partial charge in [0.15, 0.2) is 5.58 Å². The normalized spacial score (nSPS) is 12.8. The number of oxazole rings is 1. The van der Waals surface area contributed by atoms with Gasteiger partial charge in [-0.25, -0.2) is 4.98 Å². The lowest BCUT2D eigenvalue weighted by molar-refractivity contribution is -0.119. The Morgan fingerprint density at radius 1 is 1.36 bits per heavy atom. The second-order valence-corrected chi connectivity index (χ2v) is 6.40. The topological polar surface area (TPSA) is 67.2 Å². The van der Waals surface area contributed by atoms with Crippen LogP contribution in [0.3, 0.4) is 0 Å². The minimum absolute atomic E-state index is 0. The zero-order chi connectivity index (χ0) is 15.6. The van der Waals surface area contributed by atoms with Crippen LogP contribution in [0.2, 0.25) is 0 Å². The van der Waals surface area contributed by atoms with Gasteiger partial charge in [0.05, 0.1) is 0 Å². The van der Waals surface area contributed by atoms with E-state index in [9.17, 15) is 4.79 Å². The molecule has 22 heavy (non-hydrogen) atoms. The summed E-state index contributed by atoms with van der Waals surface area (Å²) in [4.78, 5) is 16.5. The molecule has 1 aromatic heterocycles. The lowest BCUT2D eigenvalue weighted by atomic mass is 9.97. The second kappa shape index (κ2) is 7.11. The molecule has 0 saturated carbocycles. The molecule has 2 rings (SSSR count). The Morgan fingerprint density at radius 3 is 2.64 bits per heavy atom. The van der Waals surface area contributed by atoms with Crippen molar-refractivity contribution >= 4 is 35.1 Å². The molecule has 122 valence electrons. The Labute approximate surface area is 137 Å². The molecule has 0 radical (unpaired) electrons. The highest BCUT2D eigenvalue weighted by Gasteiger charge is 2.21. The zero-order valence-electron chi connectivity index (χ0n) is 13.7. The molecule has 2 N–H and O–H groups in total. The van der Waals surface area contributed by atoms with Crippen LogP contribution in [0.1, 0.15) is 33.6 Å². The number of benzene rings is 1. The van der Waals surface area contributed by atoms with Crippen molar-refractivity contribution in [3.8, 4) is 0 Å². The number of carbonyl (C=O) groups excluding carboxylic acids is 1. The van der Waals surface area contributed by atoms with Crippen molar-refractivity contribution < 1.29 is 9.21 Å². The average Bonchev–Trinajstić information content (AvgIpc) is 2.82. The fraction of sp³-hybridized carbons (Fsp3) is 0.500. The van der Waals surface area contributed by atoms with E-state index < -0.39 is 0 Å². The summed E-state index contributed by atoms with van der Waals surface area (Å²) in [6, 6.07) is 5.53. The lowest BCUT2D eigenvalue weighted by Gasteiger charge is -2.11. The smallest absolute Gasteiger partial charge is 0.228 e. The van der Waals surface area contributed by atoms with Crippen molar-refractivity contribution in [1.82, 2.24) is 10.3 Å². The van der Waals surface area contributed by atoms with Crippen molar-refractivity contribution in [3.63, 3.8) is 0 Å². The standard InChI is InChI=1S/C16H23N3O2.ClH/c1-10(9-17-5)14(20)18-11-6-7-13-12(8-11)19-15(21-13)16(2,3)4;/h6-8,10,17H,9H2,1-5H3,(H,18,20);1H. The Balaban J connectivity index is 0.00000242. The number of hydrogen-bond donors (Lipinski definition) is 2. The second-order valence-electron chi connectivity index (χ2n) is 6.40. The lowest BCUT2D eigenvalue weighted by Crippen LogP contribution is -2.28. The van der Waals surface area contributed by atoms with E-state index in [0.717, 1.165) is 16.8 Å². The number of rotatable bonds is 4. The van der Waals surface area contributed by atoms with E-state index in [0.29, 0.717) is 12.4 Å². The summed E-state index contributed by atoms with van der Waals surface area (Å²) in [6.07, 6.45) is 0. The molecule has 0 spiro atoms. The maximum atomic E-state index is 12.0. The molecule has 2 aromatic rings. The number of carbonyl (C=O) groups is 1. The zero-order valence-corrected chi connectivity index (χ0v) is 14.5. The first-order valence-electron chi connectivity index (χ1n) is 7.18. The van der Waals surface area contributed by atoms with Crippen LogP contribution in [0.4, 0.5) is 5.69 Å². The molecule has 6 heteroatoms. The van der Waals surface area contributed by atoms with Crippen molar-refractivity contribution in [2.24, 2.45) is 5.92 Å². The fourth-order valence-electron chi connectivity index (χ4n) is 1.99. The first-order valence-corrected chi connectivity index (χ1v) is 7.18. The molecular formula is C16H24ClN3O2. The molecule has 1 amide bonds. The number of anilines is 1. The number of halogens is 1. The Kier molecular flexibility index (Phi) is 5.97. The maximum Gasteiger partial charge on any atom is 0.228 e. The Hall–Kier alpha value is -1.59. The molecule has 1 unspecified atom stereocenters. The number of hydrogen-bond acceptors (Lipinski definition) is 4. The summed E-state index contributed by atoms with van der Waals surface area (Å²) < 4.78 is 5.74. The van der Waals surface area contributed by atoms with Gasteiger partial charge in [-0.15, -0.1) is 12.4 Å². The van der Waals surface area contributed by atoms with Gasteiger partial charge in [0.1, 0.15) is 5.52 Å². The van der Waals surface area contributed by atoms with Gasteiger partial charge < -0.3 is 15.1 Å². The van der Waals surface area contributed by atoms with Crippen LogP contribution >= 0.6 is 12.4 Å². The summed E-state index contributed by atoms with van der Waals surface area (Å²) in [5.74, 6) is 0.598. The van der Waals surface area contributed by atoms with E-state index in [-0.39, 0.29) is 29.6 Å². The van der Waals surface area contributed by atoms with Gasteiger partial charge in [0, 0.05) is 23.6 Å². The summed E-state index contributed by atoms with van der Waals surface area (Å²) in [7, 11) is 1.83. The predicted octanol–water partition coefficient (Wildman–Crippen LogP) is 3.34. The molecule has 0 bridgehead atoms. The van der Waals surface area contributed by atoms with E-state index in [1.54, 1.807) is 0 Å². The molecule has 1 atom stereocenters. The summed E-state index contributed by atoms with van der Waals surface area (Å²) in [6.45, 7) is 8.70. The van der Waals surface area contributed by atoms with Gasteiger partial charge in [-0.1, -0.05) is 27.7 Å². The van der Waals surface area contributed by atoms with Gasteiger partial charge in [-0.3, -0.25) is 4.79 Å². The highest BCUT2D eigenvalue weighted by atomic mass is 35.5. The number of amides is 1. The first kappa shape index (κ1) is 18.5. The van der Waals surface area contributed by atoms with Crippen molar-refractivity contribution in [2.75, 3.05) is 18.9 Å². The maximum absolute atomic E-state index is 12.0. The van der Waals surface area contributed by atoms with Crippen LogP contribution in [-0.4, -0.2) is 24.5 Å². The summed E-state index contributed by atoms with van der Waals surface area (Å²) in [5, 5.41) is 5.90. The van der Waals surface area contributed by atoms with Crippen LogP contribution in [0.5, 0.6) is 0 Å². The van der Waals surface area contributed by atoms with Crippen LogP contribution in [0.25, 0.3) is 11.1 Å². The van der Waals surface area contributed by atoms with E-state index in [1.165, 1.54) is 0 Å². The monoisotopic (exact) mass is 325 g/mol. The molecule has 0 aliphatic rings. The van der Waals surface area contributed by atoms with Crippen LogP contribution in [0.15, 0.2) is 22.6 Å². The highest BCUT2D eigenvalue weighted by Crippen LogP contribution is 2.27. The van der Waals surface area contributed by atoms with Crippen molar-refractivity contribution in [1.29, 1.82) is 0 Å². The largest absolute Gasteiger partial charge is 0.440 e. The van der Waals surface area contributed by atoms with Gasteiger partial charge in [0.2, 0.25) is 11.8 Å². The van der Waals surface area contributed by atoms with Gasteiger partial charge in [-0.05, 0) is 25.2 Å². The Bertz CT molecular complexity index is 646. The van der Waals surface area contributed by atoms with Crippen molar-refractivity contribution in [2.45, 2.75) is 33.1 Å². The van der Waals surface area contributed by atoms with E-state index in [1.807, 2.05) is 32.2 Å². The molecular weight excluding hydrogens is 302 g/mol. The summed E-state index contributed by atoms with van der Waals surface area (Å²) in [5.41, 5.74) is 2.11. The molecule has 0 fully saturated rings. The molecule has 0 saturated heterocycles. The van der Waals surface area contributed by atoms with Gasteiger partial charge in [-0.2, -0.15) is 0 Å². The average molecular weight is 326 g/mol. The van der Waals surface area contributed by atoms with Crippen molar-refractivity contribution in [3.05, 3.63) is 24.1 Å². The predicted molar refractivity (Wildman–Crippen MR) is 91.7 cm³/mol. The Morgan fingerprint density at radius 2 is 2.05 bits per heavy atom. The number of nitrogens with zero attached hydrogens (tertiary/aromatic N) is 1. The summed E-state index contributed by atoms with van der Waals surface area (Å²) >= 11 is 0. The number of fused-ring (bicyclic) bond motifs is 1. The minimum atomic E-state index is -0.135. The first-order chi connectivity index (χ1) is 9.81. The van der Waals surface area contributed by atoms with E-state index in [4.69, 9.17) is 4.42 Å². The SMILES string of the molecule is CNCC(C)C(=O)Nc1ccc2oc(C(C)(C)C)nc2c1.Cl. The number of nitrogens with one attached hydrogen (secondary N) is 2.